The number of aliphatic carboxylic acids is 1. The first-order valence-electron chi connectivity index (χ1n) is 6.13. The Kier molecular flexibility index (Phi) is 5.05. The molecule has 0 bridgehead atoms. The number of carbonyl (C=O) groups excluding carboxylic acids is 1. The summed E-state index contributed by atoms with van der Waals surface area (Å²) in [5.74, 6) is -1.03. The molecule has 0 fully saturated rings. The molecule has 5 nitrogen and oxygen atoms in total. The minimum absolute atomic E-state index is 0.0227. The van der Waals surface area contributed by atoms with Crippen LogP contribution >= 0.6 is 11.3 Å². The zero-order valence-corrected chi connectivity index (χ0v) is 12.5. The minimum Gasteiger partial charge on any atom is -0.481 e. The van der Waals surface area contributed by atoms with Gasteiger partial charge < -0.3 is 10.4 Å². The van der Waals surface area contributed by atoms with Gasteiger partial charge in [0.2, 0.25) is 5.91 Å². The summed E-state index contributed by atoms with van der Waals surface area (Å²) in [7, 11) is 0. The molecule has 1 rings (SSSR count). The highest BCUT2D eigenvalue weighted by atomic mass is 32.1. The fourth-order valence-electron chi connectivity index (χ4n) is 1.83. The van der Waals surface area contributed by atoms with Crippen molar-refractivity contribution in [2.45, 2.75) is 46.6 Å². The predicted molar refractivity (Wildman–Crippen MR) is 74.1 cm³/mol. The molecule has 19 heavy (non-hydrogen) atoms. The number of thiazole rings is 1. The van der Waals surface area contributed by atoms with E-state index in [2.05, 4.69) is 10.3 Å². The summed E-state index contributed by atoms with van der Waals surface area (Å²) in [6.45, 7) is 7.39. The molecule has 1 aromatic heterocycles. The van der Waals surface area contributed by atoms with Crippen LogP contribution in [0.25, 0.3) is 0 Å². The van der Waals surface area contributed by atoms with Crippen molar-refractivity contribution < 1.29 is 14.7 Å². The van der Waals surface area contributed by atoms with Crippen molar-refractivity contribution in [2.24, 2.45) is 5.41 Å². The fraction of sp³-hybridized carbons (Fsp3) is 0.615. The van der Waals surface area contributed by atoms with E-state index in [4.69, 9.17) is 5.11 Å². The average molecular weight is 284 g/mol. The lowest BCUT2D eigenvalue weighted by molar-refractivity contribution is -0.139. The van der Waals surface area contributed by atoms with Gasteiger partial charge in [0.25, 0.3) is 0 Å². The normalized spacial score (nSPS) is 13.1. The molecule has 0 aliphatic heterocycles. The Morgan fingerprint density at radius 3 is 2.58 bits per heavy atom. The first-order valence-corrected chi connectivity index (χ1v) is 6.95. The number of rotatable bonds is 6. The monoisotopic (exact) mass is 284 g/mol. The van der Waals surface area contributed by atoms with Crippen molar-refractivity contribution in [1.82, 2.24) is 10.3 Å². The van der Waals surface area contributed by atoms with E-state index in [0.717, 1.165) is 9.88 Å². The van der Waals surface area contributed by atoms with Crippen LogP contribution in [0.1, 0.15) is 49.5 Å². The summed E-state index contributed by atoms with van der Waals surface area (Å²) in [5, 5.41) is 12.5. The van der Waals surface area contributed by atoms with Gasteiger partial charge in [0.1, 0.15) is 5.01 Å². The van der Waals surface area contributed by atoms with Crippen LogP contribution in [0.3, 0.4) is 0 Å². The van der Waals surface area contributed by atoms with E-state index in [1.807, 2.05) is 13.8 Å². The van der Waals surface area contributed by atoms with Crippen molar-refractivity contribution in [1.29, 1.82) is 0 Å². The number of nitrogens with one attached hydrogen (secondary N) is 1. The van der Waals surface area contributed by atoms with Gasteiger partial charge in [-0.2, -0.15) is 0 Å². The summed E-state index contributed by atoms with van der Waals surface area (Å²) in [5.41, 5.74) is -0.547. The van der Waals surface area contributed by atoms with Crippen molar-refractivity contribution in [3.05, 3.63) is 16.1 Å². The Morgan fingerprint density at radius 1 is 1.47 bits per heavy atom. The third-order valence-corrected chi connectivity index (χ3v) is 3.75. The topological polar surface area (TPSA) is 79.3 Å². The molecule has 1 atom stereocenters. The molecule has 0 aliphatic carbocycles. The number of carboxylic acid groups (broad SMARTS) is 1. The van der Waals surface area contributed by atoms with Crippen molar-refractivity contribution in [3.8, 4) is 0 Å². The summed E-state index contributed by atoms with van der Waals surface area (Å²) in [4.78, 5) is 27.9. The molecule has 0 aliphatic rings. The van der Waals surface area contributed by atoms with Gasteiger partial charge in [0, 0.05) is 17.5 Å². The van der Waals surface area contributed by atoms with Gasteiger partial charge in [-0.1, -0.05) is 13.8 Å². The van der Waals surface area contributed by atoms with Crippen LogP contribution in [0.15, 0.2) is 6.20 Å². The molecule has 2 N–H and O–H groups in total. The molecule has 0 aromatic carbocycles. The Bertz CT molecular complexity index is 468. The summed E-state index contributed by atoms with van der Waals surface area (Å²) >= 11 is 1.55. The molecule has 1 amide bonds. The number of nitrogens with zero attached hydrogens (tertiary/aromatic N) is 1. The number of aryl methyl sites for hydroxylation is 1. The van der Waals surface area contributed by atoms with Gasteiger partial charge in [-0.15, -0.1) is 11.3 Å². The van der Waals surface area contributed by atoms with Crippen molar-refractivity contribution >= 4 is 23.2 Å². The van der Waals surface area contributed by atoms with Gasteiger partial charge in [-0.25, -0.2) is 4.98 Å². The third kappa shape index (κ3) is 5.38. The Morgan fingerprint density at radius 2 is 2.11 bits per heavy atom. The van der Waals surface area contributed by atoms with Crippen LogP contribution in [0, 0.1) is 12.3 Å². The molecule has 0 saturated heterocycles. The molecule has 1 unspecified atom stereocenters. The quantitative estimate of drug-likeness (QED) is 0.841. The zero-order valence-electron chi connectivity index (χ0n) is 11.7. The minimum atomic E-state index is -0.888. The second-order valence-corrected chi connectivity index (χ2v) is 6.78. The van der Waals surface area contributed by atoms with E-state index in [9.17, 15) is 9.59 Å². The van der Waals surface area contributed by atoms with Crippen LogP contribution in [0.2, 0.25) is 0 Å². The lowest BCUT2D eigenvalue weighted by Gasteiger charge is -2.22. The van der Waals surface area contributed by atoms with Crippen LogP contribution in [0.4, 0.5) is 0 Å². The Balaban J connectivity index is 2.53. The summed E-state index contributed by atoms with van der Waals surface area (Å²) < 4.78 is 0. The van der Waals surface area contributed by atoms with Gasteiger partial charge in [-0.3, -0.25) is 9.59 Å². The molecular formula is C13H20N2O3S. The largest absolute Gasteiger partial charge is 0.481 e. The molecular weight excluding hydrogens is 264 g/mol. The maximum absolute atomic E-state index is 11.9. The number of amides is 1. The molecule has 1 aromatic rings. The van der Waals surface area contributed by atoms with E-state index < -0.39 is 11.4 Å². The van der Waals surface area contributed by atoms with Gasteiger partial charge in [-0.05, 0) is 19.3 Å². The summed E-state index contributed by atoms with van der Waals surface area (Å²) in [6.07, 6.45) is 1.94. The van der Waals surface area contributed by atoms with E-state index in [1.54, 1.807) is 31.4 Å². The molecule has 0 spiro atoms. The highest BCUT2D eigenvalue weighted by molar-refractivity contribution is 7.11. The number of hydrogen-bond donors (Lipinski definition) is 2. The second kappa shape index (κ2) is 6.14. The Hall–Kier alpha value is -1.43. The third-order valence-electron chi connectivity index (χ3n) is 2.66. The SMILES string of the molecule is Cc1cnc(C(C)NC(=O)CC(C)(C)CC(=O)O)s1. The molecule has 0 radical (unpaired) electrons. The number of carbonyl (C=O) groups is 2. The molecule has 106 valence electrons. The number of hydrogen-bond acceptors (Lipinski definition) is 4. The van der Waals surface area contributed by atoms with Crippen molar-refractivity contribution in [2.75, 3.05) is 0 Å². The maximum atomic E-state index is 11.9. The van der Waals surface area contributed by atoms with Gasteiger partial charge in [0.15, 0.2) is 0 Å². The zero-order chi connectivity index (χ0) is 14.6. The van der Waals surface area contributed by atoms with Gasteiger partial charge in [0.05, 0.1) is 12.5 Å². The maximum Gasteiger partial charge on any atom is 0.303 e. The lowest BCUT2D eigenvalue weighted by atomic mass is 9.85. The van der Waals surface area contributed by atoms with Crippen LogP contribution in [-0.2, 0) is 9.59 Å². The van der Waals surface area contributed by atoms with E-state index in [-0.39, 0.29) is 24.8 Å². The molecule has 6 heteroatoms. The standard InChI is InChI=1S/C13H20N2O3S/c1-8-7-14-12(19-8)9(2)15-10(16)5-13(3,4)6-11(17)18/h7,9H,5-6H2,1-4H3,(H,15,16)(H,17,18). The van der Waals surface area contributed by atoms with Crippen LogP contribution in [0.5, 0.6) is 0 Å². The first kappa shape index (κ1) is 15.6. The highest BCUT2D eigenvalue weighted by Crippen LogP contribution is 2.26. The number of carboxylic acids is 1. The molecule has 0 saturated carbocycles. The smallest absolute Gasteiger partial charge is 0.303 e. The number of aromatic nitrogens is 1. The lowest BCUT2D eigenvalue weighted by Crippen LogP contribution is -2.31. The fourth-order valence-corrected chi connectivity index (χ4v) is 2.61. The van der Waals surface area contributed by atoms with E-state index in [1.165, 1.54) is 0 Å². The van der Waals surface area contributed by atoms with Crippen molar-refractivity contribution in [3.63, 3.8) is 0 Å². The highest BCUT2D eigenvalue weighted by Gasteiger charge is 2.26. The van der Waals surface area contributed by atoms with E-state index in [0.29, 0.717) is 0 Å². The predicted octanol–water partition coefficient (Wildman–Crippen LogP) is 2.52. The van der Waals surface area contributed by atoms with E-state index >= 15 is 0 Å². The van der Waals surface area contributed by atoms with Gasteiger partial charge >= 0.3 is 5.97 Å². The average Bonchev–Trinajstić information content (AvgIpc) is 2.61. The van der Waals surface area contributed by atoms with Crippen LogP contribution in [-0.4, -0.2) is 22.0 Å². The Labute approximate surface area is 117 Å². The second-order valence-electron chi connectivity index (χ2n) is 5.51. The summed E-state index contributed by atoms with van der Waals surface area (Å²) in [6, 6.07) is -0.146. The first-order chi connectivity index (χ1) is 8.69. The van der Waals surface area contributed by atoms with Crippen LogP contribution < -0.4 is 5.32 Å². The molecule has 1 heterocycles.